The Morgan fingerprint density at radius 1 is 1.20 bits per heavy atom. The van der Waals surface area contributed by atoms with E-state index in [1.165, 1.54) is 11.2 Å². The summed E-state index contributed by atoms with van der Waals surface area (Å²) in [6.07, 6.45) is 1.20. The van der Waals surface area contributed by atoms with E-state index in [1.54, 1.807) is 7.05 Å². The van der Waals surface area contributed by atoms with Gasteiger partial charge in [0, 0.05) is 12.7 Å². The fourth-order valence-electron chi connectivity index (χ4n) is 2.04. The van der Waals surface area contributed by atoms with E-state index in [0.717, 1.165) is 11.1 Å². The maximum atomic E-state index is 12.3. The third kappa shape index (κ3) is 2.54. The van der Waals surface area contributed by atoms with Crippen molar-refractivity contribution in [1.29, 1.82) is 0 Å². The number of aryl methyl sites for hydroxylation is 2. The molecule has 20 heavy (non-hydrogen) atoms. The topological polar surface area (TPSA) is 86.3 Å². The minimum Gasteiger partial charge on any atom is -0.477 e. The molecule has 2 aromatic rings. The van der Waals surface area contributed by atoms with E-state index in [2.05, 4.69) is 9.97 Å². The molecule has 0 saturated heterocycles. The minimum atomic E-state index is -1.21. The fraction of sp³-hybridized carbons (Fsp3) is 0.214. The van der Waals surface area contributed by atoms with Gasteiger partial charge in [0.15, 0.2) is 11.4 Å². The summed E-state index contributed by atoms with van der Waals surface area (Å²) in [7, 11) is 1.59. The molecule has 0 radical (unpaired) electrons. The first-order valence-corrected chi connectivity index (χ1v) is 6.03. The summed E-state index contributed by atoms with van der Waals surface area (Å²) in [5, 5.41) is 9.00. The van der Waals surface area contributed by atoms with Gasteiger partial charge in [-0.15, -0.1) is 0 Å². The van der Waals surface area contributed by atoms with Crippen LogP contribution in [-0.4, -0.2) is 34.0 Å². The summed E-state index contributed by atoms with van der Waals surface area (Å²) < 4.78 is 0. The zero-order valence-electron chi connectivity index (χ0n) is 11.5. The summed E-state index contributed by atoms with van der Waals surface area (Å²) in [5.41, 5.74) is 2.46. The van der Waals surface area contributed by atoms with E-state index in [-0.39, 0.29) is 11.4 Å². The molecule has 1 amide bonds. The number of H-pyrrole nitrogens is 1. The van der Waals surface area contributed by atoms with Crippen molar-refractivity contribution < 1.29 is 14.7 Å². The summed E-state index contributed by atoms with van der Waals surface area (Å²) in [4.78, 5) is 31.0. The van der Waals surface area contributed by atoms with Gasteiger partial charge >= 0.3 is 5.97 Å². The molecule has 6 nitrogen and oxygen atoms in total. The summed E-state index contributed by atoms with van der Waals surface area (Å²) in [6, 6.07) is 5.72. The lowest BCUT2D eigenvalue weighted by molar-refractivity contribution is 0.0686. The number of hydrogen-bond donors (Lipinski definition) is 2. The molecular weight excluding hydrogens is 258 g/mol. The van der Waals surface area contributed by atoms with Crippen molar-refractivity contribution >= 4 is 17.6 Å². The molecule has 0 aliphatic rings. The van der Waals surface area contributed by atoms with E-state index in [4.69, 9.17) is 5.11 Å². The molecule has 1 aromatic carbocycles. The molecule has 0 bridgehead atoms. The van der Waals surface area contributed by atoms with Crippen molar-refractivity contribution in [3.05, 3.63) is 47.0 Å². The number of anilines is 1. The standard InChI is InChI=1S/C14H15N3O3/c1-8-4-9(2)6-10(5-8)17(3)13(18)11-12(14(19)20)16-7-15-11/h4-7H,1-3H3,(H,15,16)(H,19,20). The molecule has 0 fully saturated rings. The molecular formula is C14H15N3O3. The number of aromatic nitrogens is 2. The summed E-state index contributed by atoms with van der Waals surface area (Å²) >= 11 is 0. The minimum absolute atomic E-state index is 0.0980. The molecule has 0 saturated carbocycles. The average molecular weight is 273 g/mol. The molecule has 0 aliphatic heterocycles. The lowest BCUT2D eigenvalue weighted by atomic mass is 10.1. The van der Waals surface area contributed by atoms with Gasteiger partial charge in [-0.2, -0.15) is 0 Å². The number of carboxylic acid groups (broad SMARTS) is 1. The van der Waals surface area contributed by atoms with Gasteiger partial charge in [-0.3, -0.25) is 4.79 Å². The third-order valence-corrected chi connectivity index (χ3v) is 2.95. The van der Waals surface area contributed by atoms with Gasteiger partial charge in [-0.25, -0.2) is 9.78 Å². The highest BCUT2D eigenvalue weighted by Gasteiger charge is 2.23. The van der Waals surface area contributed by atoms with Gasteiger partial charge in [0.05, 0.1) is 6.33 Å². The predicted octanol–water partition coefficient (Wildman–Crippen LogP) is 2.00. The van der Waals surface area contributed by atoms with Crippen LogP contribution >= 0.6 is 0 Å². The Kier molecular flexibility index (Phi) is 3.56. The monoisotopic (exact) mass is 273 g/mol. The van der Waals surface area contributed by atoms with Crippen LogP contribution in [0.4, 0.5) is 5.69 Å². The zero-order chi connectivity index (χ0) is 14.9. The van der Waals surface area contributed by atoms with E-state index in [1.807, 2.05) is 32.0 Å². The van der Waals surface area contributed by atoms with Crippen LogP contribution < -0.4 is 4.90 Å². The molecule has 0 atom stereocenters. The average Bonchev–Trinajstić information content (AvgIpc) is 2.85. The predicted molar refractivity (Wildman–Crippen MR) is 74.2 cm³/mol. The molecule has 2 N–H and O–H groups in total. The van der Waals surface area contributed by atoms with Gasteiger partial charge in [-0.05, 0) is 37.1 Å². The number of carbonyl (C=O) groups is 2. The quantitative estimate of drug-likeness (QED) is 0.895. The van der Waals surface area contributed by atoms with Crippen molar-refractivity contribution in [2.45, 2.75) is 13.8 Å². The first kappa shape index (κ1) is 13.8. The number of imidazole rings is 1. The van der Waals surface area contributed by atoms with Gasteiger partial charge in [0.25, 0.3) is 5.91 Å². The third-order valence-electron chi connectivity index (χ3n) is 2.95. The molecule has 104 valence electrons. The normalized spacial score (nSPS) is 10.3. The Morgan fingerprint density at radius 3 is 2.35 bits per heavy atom. The Balaban J connectivity index is 2.37. The number of carbonyl (C=O) groups excluding carboxylic acids is 1. The van der Waals surface area contributed by atoms with Gasteiger partial charge in [-0.1, -0.05) is 6.07 Å². The Hall–Kier alpha value is -2.63. The number of nitrogens with one attached hydrogen (secondary N) is 1. The Labute approximate surface area is 116 Å². The first-order valence-electron chi connectivity index (χ1n) is 6.03. The van der Waals surface area contributed by atoms with Crippen LogP contribution in [0.15, 0.2) is 24.5 Å². The Morgan fingerprint density at radius 2 is 1.80 bits per heavy atom. The maximum Gasteiger partial charge on any atom is 0.354 e. The van der Waals surface area contributed by atoms with E-state index < -0.39 is 11.9 Å². The van der Waals surface area contributed by atoms with Crippen LogP contribution in [0.1, 0.15) is 32.1 Å². The second-order valence-electron chi connectivity index (χ2n) is 4.64. The lowest BCUT2D eigenvalue weighted by Gasteiger charge is -2.17. The molecule has 2 rings (SSSR count). The molecule has 6 heteroatoms. The zero-order valence-corrected chi connectivity index (χ0v) is 11.5. The lowest BCUT2D eigenvalue weighted by Crippen LogP contribution is -2.28. The van der Waals surface area contributed by atoms with Gasteiger partial charge in [0.1, 0.15) is 0 Å². The summed E-state index contributed by atoms with van der Waals surface area (Å²) in [5.74, 6) is -1.67. The highest BCUT2D eigenvalue weighted by molar-refractivity contribution is 6.09. The number of nitrogens with zero attached hydrogens (tertiary/aromatic N) is 2. The number of carboxylic acids is 1. The van der Waals surface area contributed by atoms with Crippen LogP contribution in [-0.2, 0) is 0 Å². The highest BCUT2D eigenvalue weighted by atomic mass is 16.4. The number of benzene rings is 1. The molecule has 1 aromatic heterocycles. The van der Waals surface area contributed by atoms with Crippen LogP contribution in [0.2, 0.25) is 0 Å². The number of aromatic amines is 1. The highest BCUT2D eigenvalue weighted by Crippen LogP contribution is 2.19. The molecule has 0 aliphatic carbocycles. The van der Waals surface area contributed by atoms with Crippen molar-refractivity contribution in [2.75, 3.05) is 11.9 Å². The van der Waals surface area contributed by atoms with Crippen molar-refractivity contribution in [2.24, 2.45) is 0 Å². The largest absolute Gasteiger partial charge is 0.477 e. The fourth-order valence-corrected chi connectivity index (χ4v) is 2.04. The maximum absolute atomic E-state index is 12.3. The number of hydrogen-bond acceptors (Lipinski definition) is 3. The molecule has 0 spiro atoms. The van der Waals surface area contributed by atoms with Crippen molar-refractivity contribution in [3.63, 3.8) is 0 Å². The van der Waals surface area contributed by atoms with Crippen LogP contribution in [0.25, 0.3) is 0 Å². The van der Waals surface area contributed by atoms with Crippen molar-refractivity contribution in [3.8, 4) is 0 Å². The Bertz CT molecular complexity index is 656. The van der Waals surface area contributed by atoms with Gasteiger partial charge < -0.3 is 15.0 Å². The van der Waals surface area contributed by atoms with E-state index >= 15 is 0 Å². The smallest absolute Gasteiger partial charge is 0.354 e. The van der Waals surface area contributed by atoms with Crippen LogP contribution in [0.5, 0.6) is 0 Å². The van der Waals surface area contributed by atoms with Gasteiger partial charge in [0.2, 0.25) is 0 Å². The van der Waals surface area contributed by atoms with Crippen LogP contribution in [0.3, 0.4) is 0 Å². The number of rotatable bonds is 3. The van der Waals surface area contributed by atoms with Crippen LogP contribution in [0, 0.1) is 13.8 Å². The number of amides is 1. The summed E-state index contributed by atoms with van der Waals surface area (Å²) in [6.45, 7) is 3.87. The van der Waals surface area contributed by atoms with Crippen molar-refractivity contribution in [1.82, 2.24) is 9.97 Å². The second kappa shape index (κ2) is 5.16. The first-order chi connectivity index (χ1) is 9.40. The van der Waals surface area contributed by atoms with E-state index in [9.17, 15) is 9.59 Å². The molecule has 0 unspecified atom stereocenters. The van der Waals surface area contributed by atoms with E-state index in [0.29, 0.717) is 5.69 Å². The number of aromatic carboxylic acids is 1. The second-order valence-corrected chi connectivity index (χ2v) is 4.64. The molecule has 1 heterocycles. The SMILES string of the molecule is Cc1cc(C)cc(N(C)C(=O)c2nc[nH]c2C(=O)O)c1.